The highest BCUT2D eigenvalue weighted by molar-refractivity contribution is 5.71. The number of hydrogen-bond donors (Lipinski definition) is 1. The van der Waals surface area contributed by atoms with Gasteiger partial charge in [-0.15, -0.1) is 0 Å². The third kappa shape index (κ3) is 10.7. The fourth-order valence-corrected chi connectivity index (χ4v) is 2.18. The second kappa shape index (κ2) is 9.57. The molecule has 1 aromatic rings. The van der Waals surface area contributed by atoms with Gasteiger partial charge in [0.15, 0.2) is 0 Å². The van der Waals surface area contributed by atoms with Crippen molar-refractivity contribution < 1.29 is 23.8 Å². The van der Waals surface area contributed by atoms with Crippen LogP contribution in [0.25, 0.3) is 0 Å². The highest BCUT2D eigenvalue weighted by Crippen LogP contribution is 2.10. The molecule has 0 heterocycles. The van der Waals surface area contributed by atoms with Crippen molar-refractivity contribution >= 4 is 12.1 Å². The van der Waals surface area contributed by atoms with Crippen LogP contribution in [0.2, 0.25) is 0 Å². The van der Waals surface area contributed by atoms with Gasteiger partial charge < -0.3 is 19.5 Å². The molecule has 26 heavy (non-hydrogen) atoms. The van der Waals surface area contributed by atoms with E-state index in [1.165, 1.54) is 0 Å². The van der Waals surface area contributed by atoms with E-state index in [-0.39, 0.29) is 19.3 Å². The van der Waals surface area contributed by atoms with Gasteiger partial charge in [0.2, 0.25) is 0 Å². The number of carbonyl (C=O) groups is 2. The van der Waals surface area contributed by atoms with Gasteiger partial charge in [-0.1, -0.05) is 30.3 Å². The largest absolute Gasteiger partial charge is 0.458 e. The van der Waals surface area contributed by atoms with Gasteiger partial charge in [0, 0.05) is 0 Å². The van der Waals surface area contributed by atoms with Crippen LogP contribution in [0.15, 0.2) is 30.3 Å². The number of benzene rings is 1. The molecule has 1 N–H and O–H groups in total. The number of hydrogen-bond acceptors (Lipinski definition) is 5. The minimum Gasteiger partial charge on any atom is -0.458 e. The molecule has 1 aromatic carbocycles. The minimum atomic E-state index is -0.585. The van der Waals surface area contributed by atoms with Crippen molar-refractivity contribution in [1.82, 2.24) is 5.32 Å². The number of alkyl carbamates (subject to hydrolysis) is 1. The number of nitrogens with one attached hydrogen (secondary N) is 1. The number of carbonyl (C=O) groups excluding carboxylic acids is 2. The first-order chi connectivity index (χ1) is 11.9. The zero-order valence-electron chi connectivity index (χ0n) is 16.6. The fourth-order valence-electron chi connectivity index (χ4n) is 2.18. The van der Waals surface area contributed by atoms with E-state index in [4.69, 9.17) is 14.2 Å². The highest BCUT2D eigenvalue weighted by Gasteiger charge is 2.21. The molecule has 0 aliphatic heterocycles. The first kappa shape index (κ1) is 22.0. The van der Waals surface area contributed by atoms with E-state index >= 15 is 0 Å². The van der Waals surface area contributed by atoms with Crippen molar-refractivity contribution in [2.24, 2.45) is 0 Å². The van der Waals surface area contributed by atoms with Crippen LogP contribution in [0.4, 0.5) is 4.79 Å². The van der Waals surface area contributed by atoms with Gasteiger partial charge in [-0.2, -0.15) is 0 Å². The summed E-state index contributed by atoms with van der Waals surface area (Å²) in [5, 5.41) is 2.81. The number of ether oxygens (including phenoxy) is 3. The Morgan fingerprint density at radius 3 is 2.08 bits per heavy atom. The van der Waals surface area contributed by atoms with Crippen LogP contribution in [0.1, 0.15) is 47.1 Å². The Morgan fingerprint density at radius 2 is 1.54 bits per heavy atom. The van der Waals surface area contributed by atoms with Crippen molar-refractivity contribution in [2.75, 3.05) is 13.2 Å². The molecule has 0 aliphatic carbocycles. The molecule has 1 amide bonds. The molecule has 1 unspecified atom stereocenters. The van der Waals surface area contributed by atoms with E-state index in [0.29, 0.717) is 6.42 Å². The topological polar surface area (TPSA) is 73.9 Å². The Labute approximate surface area is 156 Å². The van der Waals surface area contributed by atoms with E-state index in [2.05, 4.69) is 5.32 Å². The molecule has 0 bridgehead atoms. The van der Waals surface area contributed by atoms with Crippen LogP contribution in [-0.2, 0) is 25.4 Å². The van der Waals surface area contributed by atoms with Crippen molar-refractivity contribution in [3.63, 3.8) is 0 Å². The van der Waals surface area contributed by atoms with Crippen molar-refractivity contribution in [3.05, 3.63) is 35.9 Å². The van der Waals surface area contributed by atoms with Gasteiger partial charge in [0.25, 0.3) is 0 Å². The zero-order valence-corrected chi connectivity index (χ0v) is 16.6. The van der Waals surface area contributed by atoms with E-state index in [9.17, 15) is 9.59 Å². The van der Waals surface area contributed by atoms with Gasteiger partial charge in [-0.05, 0) is 53.5 Å². The zero-order chi connectivity index (χ0) is 19.8. The summed E-state index contributed by atoms with van der Waals surface area (Å²) in [7, 11) is 0. The maximum atomic E-state index is 12.1. The summed E-state index contributed by atoms with van der Waals surface area (Å²) in [4.78, 5) is 23.8. The number of amides is 1. The predicted molar refractivity (Wildman–Crippen MR) is 100.0 cm³/mol. The molecule has 1 rings (SSSR count). The molecule has 0 fully saturated rings. The summed E-state index contributed by atoms with van der Waals surface area (Å²) >= 11 is 0. The molecule has 0 spiro atoms. The standard InChI is InChI=1S/C20H31NO5/c1-19(2,3)25-17(22)14-24-13-16(12-15-10-8-7-9-11-15)21-18(23)26-20(4,5)6/h7-11,16H,12-14H2,1-6H3,(H,21,23). The molecule has 0 saturated carbocycles. The lowest BCUT2D eigenvalue weighted by Crippen LogP contribution is -2.43. The van der Waals surface area contributed by atoms with Gasteiger partial charge in [-0.25, -0.2) is 9.59 Å². The van der Waals surface area contributed by atoms with Gasteiger partial charge in [0.05, 0.1) is 12.6 Å². The van der Waals surface area contributed by atoms with Crippen molar-refractivity contribution in [2.45, 2.75) is 65.2 Å². The number of esters is 1. The molecular formula is C20H31NO5. The molecule has 6 heteroatoms. The average Bonchev–Trinajstić information content (AvgIpc) is 2.44. The predicted octanol–water partition coefficient (Wildman–Crippen LogP) is 3.48. The van der Waals surface area contributed by atoms with Gasteiger partial charge in [-0.3, -0.25) is 0 Å². The molecule has 0 saturated heterocycles. The van der Waals surface area contributed by atoms with E-state index in [1.54, 1.807) is 41.5 Å². The molecule has 0 radical (unpaired) electrons. The molecule has 146 valence electrons. The maximum absolute atomic E-state index is 12.1. The summed E-state index contributed by atoms with van der Waals surface area (Å²) in [6, 6.07) is 9.41. The third-order valence-electron chi connectivity index (χ3n) is 3.00. The fraction of sp³-hybridized carbons (Fsp3) is 0.600. The molecule has 6 nitrogen and oxygen atoms in total. The Hall–Kier alpha value is -2.08. The van der Waals surface area contributed by atoms with Gasteiger partial charge in [0.1, 0.15) is 17.8 Å². The maximum Gasteiger partial charge on any atom is 0.407 e. The second-order valence-corrected chi connectivity index (χ2v) is 8.13. The molecule has 0 aromatic heterocycles. The summed E-state index contributed by atoms with van der Waals surface area (Å²) in [6.07, 6.45) is 0.0494. The van der Waals surface area contributed by atoms with Crippen LogP contribution < -0.4 is 5.32 Å². The van der Waals surface area contributed by atoms with Crippen LogP contribution in [0.3, 0.4) is 0 Å². The van der Waals surface area contributed by atoms with Gasteiger partial charge >= 0.3 is 12.1 Å². The highest BCUT2D eigenvalue weighted by atomic mass is 16.6. The summed E-state index contributed by atoms with van der Waals surface area (Å²) in [6.45, 7) is 10.8. The lowest BCUT2D eigenvalue weighted by Gasteiger charge is -2.24. The lowest BCUT2D eigenvalue weighted by atomic mass is 10.1. The quantitative estimate of drug-likeness (QED) is 0.749. The van der Waals surface area contributed by atoms with Crippen LogP contribution in [0, 0.1) is 0 Å². The summed E-state index contributed by atoms with van der Waals surface area (Å²) in [5.74, 6) is -0.437. The van der Waals surface area contributed by atoms with Crippen molar-refractivity contribution in [3.8, 4) is 0 Å². The van der Waals surface area contributed by atoms with E-state index in [1.807, 2.05) is 30.3 Å². The lowest BCUT2D eigenvalue weighted by molar-refractivity contribution is -0.160. The summed E-state index contributed by atoms with van der Waals surface area (Å²) < 4.78 is 16.0. The Morgan fingerprint density at radius 1 is 0.962 bits per heavy atom. The second-order valence-electron chi connectivity index (χ2n) is 8.13. The van der Waals surface area contributed by atoms with Crippen LogP contribution in [-0.4, -0.2) is 42.5 Å². The smallest absolute Gasteiger partial charge is 0.407 e. The molecule has 1 atom stereocenters. The van der Waals surface area contributed by atoms with E-state index < -0.39 is 23.3 Å². The average molecular weight is 365 g/mol. The monoisotopic (exact) mass is 365 g/mol. The van der Waals surface area contributed by atoms with E-state index in [0.717, 1.165) is 5.56 Å². The minimum absolute atomic E-state index is 0.168. The normalized spacial score (nSPS) is 13.0. The first-order valence-electron chi connectivity index (χ1n) is 8.78. The van der Waals surface area contributed by atoms with Crippen LogP contribution in [0.5, 0.6) is 0 Å². The Kier molecular flexibility index (Phi) is 8.08. The summed E-state index contributed by atoms with van der Waals surface area (Å²) in [5.41, 5.74) is -0.0911. The SMILES string of the molecule is CC(C)(C)OC(=O)COCC(Cc1ccccc1)NC(=O)OC(C)(C)C. The molecular weight excluding hydrogens is 334 g/mol. The Bertz CT molecular complexity index is 572. The first-order valence-corrected chi connectivity index (χ1v) is 8.78. The van der Waals surface area contributed by atoms with Crippen LogP contribution >= 0.6 is 0 Å². The van der Waals surface area contributed by atoms with Crippen molar-refractivity contribution in [1.29, 1.82) is 0 Å². The Balaban J connectivity index is 2.60. The number of rotatable bonds is 7. The third-order valence-corrected chi connectivity index (χ3v) is 3.00. The molecule has 0 aliphatic rings.